The fraction of sp³-hybridized carbons (Fsp3) is 0.357. The van der Waals surface area contributed by atoms with Gasteiger partial charge in [-0.05, 0) is 37.8 Å². The van der Waals surface area contributed by atoms with E-state index in [2.05, 4.69) is 30.2 Å². The molecule has 2 aromatic rings. The molecule has 2 aromatic heterocycles. The van der Waals surface area contributed by atoms with Crippen LogP contribution in [0.15, 0.2) is 18.5 Å². The summed E-state index contributed by atoms with van der Waals surface area (Å²) in [5.74, 6) is 0.794. The van der Waals surface area contributed by atoms with Gasteiger partial charge >= 0.3 is 5.97 Å². The summed E-state index contributed by atoms with van der Waals surface area (Å²) in [5.41, 5.74) is 2.41. The zero-order chi connectivity index (χ0) is 14.7. The van der Waals surface area contributed by atoms with Gasteiger partial charge < -0.3 is 10.1 Å². The number of fused-ring (bicyclic) bond motifs is 1. The molecule has 0 unspecified atom stereocenters. The van der Waals surface area contributed by atoms with Gasteiger partial charge in [0, 0.05) is 11.3 Å². The van der Waals surface area contributed by atoms with Crippen molar-refractivity contribution in [1.29, 1.82) is 0 Å². The second kappa shape index (κ2) is 5.82. The Hall–Kier alpha value is -2.57. The van der Waals surface area contributed by atoms with E-state index in [4.69, 9.17) is 0 Å². The highest BCUT2D eigenvalue weighted by molar-refractivity contribution is 5.87. The Kier molecular flexibility index (Phi) is 3.72. The molecule has 7 heteroatoms. The summed E-state index contributed by atoms with van der Waals surface area (Å²) < 4.78 is 4.59. The maximum atomic E-state index is 11.3. The van der Waals surface area contributed by atoms with Crippen molar-refractivity contribution in [3.05, 3.63) is 35.4 Å². The van der Waals surface area contributed by atoms with E-state index >= 15 is 0 Å². The SMILES string of the molecule is COC(=O)c1ccc(Nc2ncnc3c2CCCC3)nn1. The number of hydrogen-bond acceptors (Lipinski definition) is 7. The molecule has 0 spiro atoms. The lowest BCUT2D eigenvalue weighted by molar-refractivity contribution is 0.0593. The summed E-state index contributed by atoms with van der Waals surface area (Å²) in [4.78, 5) is 19.9. The first-order valence-corrected chi connectivity index (χ1v) is 6.80. The lowest BCUT2D eigenvalue weighted by atomic mass is 9.96. The minimum absolute atomic E-state index is 0.174. The second-order valence-corrected chi connectivity index (χ2v) is 4.78. The second-order valence-electron chi connectivity index (χ2n) is 4.78. The summed E-state index contributed by atoms with van der Waals surface area (Å²) in [7, 11) is 1.31. The monoisotopic (exact) mass is 285 g/mol. The third-order valence-corrected chi connectivity index (χ3v) is 3.43. The van der Waals surface area contributed by atoms with Crippen LogP contribution in [0.3, 0.4) is 0 Å². The van der Waals surface area contributed by atoms with Crippen molar-refractivity contribution in [1.82, 2.24) is 20.2 Å². The van der Waals surface area contributed by atoms with Gasteiger partial charge in [0.1, 0.15) is 12.1 Å². The van der Waals surface area contributed by atoms with Gasteiger partial charge in [0.05, 0.1) is 7.11 Å². The van der Waals surface area contributed by atoms with E-state index in [9.17, 15) is 4.79 Å². The Morgan fingerprint density at radius 1 is 1.19 bits per heavy atom. The molecular weight excluding hydrogens is 270 g/mol. The molecule has 3 rings (SSSR count). The number of carbonyl (C=O) groups excluding carboxylic acids is 1. The van der Waals surface area contributed by atoms with E-state index in [1.165, 1.54) is 7.11 Å². The van der Waals surface area contributed by atoms with Crippen LogP contribution in [0.25, 0.3) is 0 Å². The normalized spacial score (nSPS) is 13.4. The van der Waals surface area contributed by atoms with Crippen molar-refractivity contribution in [2.45, 2.75) is 25.7 Å². The van der Waals surface area contributed by atoms with Gasteiger partial charge in [-0.1, -0.05) is 0 Å². The van der Waals surface area contributed by atoms with Crippen LogP contribution < -0.4 is 5.32 Å². The molecular formula is C14H15N5O2. The molecule has 0 saturated heterocycles. The number of carbonyl (C=O) groups is 1. The third-order valence-electron chi connectivity index (χ3n) is 3.43. The molecule has 0 saturated carbocycles. The van der Waals surface area contributed by atoms with Crippen LogP contribution in [0.2, 0.25) is 0 Å². The van der Waals surface area contributed by atoms with Crippen molar-refractivity contribution in [3.8, 4) is 0 Å². The first-order valence-electron chi connectivity index (χ1n) is 6.80. The summed E-state index contributed by atoms with van der Waals surface area (Å²) in [5, 5.41) is 10.9. The Morgan fingerprint density at radius 2 is 2.05 bits per heavy atom. The van der Waals surface area contributed by atoms with Crippen molar-refractivity contribution >= 4 is 17.6 Å². The fourth-order valence-electron chi connectivity index (χ4n) is 2.36. The highest BCUT2D eigenvalue weighted by Gasteiger charge is 2.16. The third kappa shape index (κ3) is 2.81. The number of esters is 1. The smallest absolute Gasteiger partial charge is 0.358 e. The number of nitrogens with zero attached hydrogens (tertiary/aromatic N) is 4. The molecule has 0 atom stereocenters. The Labute approximate surface area is 121 Å². The van der Waals surface area contributed by atoms with E-state index < -0.39 is 5.97 Å². The first kappa shape index (κ1) is 13.4. The Balaban J connectivity index is 1.82. The van der Waals surface area contributed by atoms with Gasteiger partial charge in [0.15, 0.2) is 11.5 Å². The number of ether oxygens (including phenoxy) is 1. The number of methoxy groups -OCH3 is 1. The van der Waals surface area contributed by atoms with Crippen LogP contribution in [-0.4, -0.2) is 33.2 Å². The van der Waals surface area contributed by atoms with E-state index in [1.807, 2.05) is 0 Å². The molecule has 0 radical (unpaired) electrons. The predicted octanol–water partition coefficient (Wildman–Crippen LogP) is 1.68. The molecule has 0 bridgehead atoms. The predicted molar refractivity (Wildman–Crippen MR) is 75.3 cm³/mol. The molecule has 7 nitrogen and oxygen atoms in total. The number of rotatable bonds is 3. The maximum absolute atomic E-state index is 11.3. The van der Waals surface area contributed by atoms with Crippen molar-refractivity contribution in [2.24, 2.45) is 0 Å². The van der Waals surface area contributed by atoms with E-state index in [-0.39, 0.29) is 5.69 Å². The summed E-state index contributed by atoms with van der Waals surface area (Å²) >= 11 is 0. The number of anilines is 2. The van der Waals surface area contributed by atoms with E-state index in [1.54, 1.807) is 18.5 Å². The van der Waals surface area contributed by atoms with Gasteiger partial charge in [0.25, 0.3) is 0 Å². The van der Waals surface area contributed by atoms with Gasteiger partial charge in [0.2, 0.25) is 0 Å². The van der Waals surface area contributed by atoms with Crippen LogP contribution >= 0.6 is 0 Å². The quantitative estimate of drug-likeness (QED) is 0.858. The van der Waals surface area contributed by atoms with Crippen LogP contribution in [0.4, 0.5) is 11.6 Å². The molecule has 1 aliphatic carbocycles. The highest BCUT2D eigenvalue weighted by atomic mass is 16.5. The Morgan fingerprint density at radius 3 is 2.81 bits per heavy atom. The maximum Gasteiger partial charge on any atom is 0.358 e. The number of aromatic nitrogens is 4. The minimum Gasteiger partial charge on any atom is -0.464 e. The van der Waals surface area contributed by atoms with Crippen LogP contribution in [0, 0.1) is 0 Å². The lowest BCUT2D eigenvalue weighted by Gasteiger charge is -2.17. The van der Waals surface area contributed by atoms with Crippen molar-refractivity contribution in [2.75, 3.05) is 12.4 Å². The minimum atomic E-state index is -0.506. The van der Waals surface area contributed by atoms with Crippen LogP contribution in [0.5, 0.6) is 0 Å². The molecule has 2 heterocycles. The van der Waals surface area contributed by atoms with Crippen LogP contribution in [0.1, 0.15) is 34.6 Å². The summed E-state index contributed by atoms with van der Waals surface area (Å²) in [6, 6.07) is 3.24. The summed E-state index contributed by atoms with van der Waals surface area (Å²) in [6.07, 6.45) is 5.81. The average Bonchev–Trinajstić information content (AvgIpc) is 2.55. The van der Waals surface area contributed by atoms with Crippen molar-refractivity contribution < 1.29 is 9.53 Å². The molecule has 21 heavy (non-hydrogen) atoms. The van der Waals surface area contributed by atoms with Gasteiger partial charge in [-0.2, -0.15) is 0 Å². The van der Waals surface area contributed by atoms with Gasteiger partial charge in [-0.3, -0.25) is 0 Å². The molecule has 108 valence electrons. The zero-order valence-corrected chi connectivity index (χ0v) is 11.7. The van der Waals surface area contributed by atoms with Gasteiger partial charge in [-0.15, -0.1) is 10.2 Å². The average molecular weight is 285 g/mol. The number of nitrogens with one attached hydrogen (secondary N) is 1. The number of hydrogen-bond donors (Lipinski definition) is 1. The molecule has 0 fully saturated rings. The molecule has 0 aliphatic heterocycles. The summed E-state index contributed by atoms with van der Waals surface area (Å²) in [6.45, 7) is 0. The largest absolute Gasteiger partial charge is 0.464 e. The zero-order valence-electron chi connectivity index (χ0n) is 11.7. The first-order chi connectivity index (χ1) is 10.3. The molecule has 0 aromatic carbocycles. The topological polar surface area (TPSA) is 89.9 Å². The Bertz CT molecular complexity index is 657. The molecule has 1 aliphatic rings. The van der Waals surface area contributed by atoms with Crippen molar-refractivity contribution in [3.63, 3.8) is 0 Å². The lowest BCUT2D eigenvalue weighted by Crippen LogP contribution is -2.11. The van der Waals surface area contributed by atoms with Gasteiger partial charge in [-0.25, -0.2) is 14.8 Å². The fourth-order valence-corrected chi connectivity index (χ4v) is 2.36. The number of aryl methyl sites for hydroxylation is 1. The van der Waals surface area contributed by atoms with E-state index in [0.717, 1.165) is 42.8 Å². The van der Waals surface area contributed by atoms with E-state index in [0.29, 0.717) is 5.82 Å². The van der Waals surface area contributed by atoms with Crippen LogP contribution in [-0.2, 0) is 17.6 Å². The molecule has 1 N–H and O–H groups in total. The highest BCUT2D eigenvalue weighted by Crippen LogP contribution is 2.25. The molecule has 0 amide bonds. The standard InChI is InChI=1S/C14H15N5O2/c1-21-14(20)11-6-7-12(19-18-11)17-13-9-4-2-3-5-10(9)15-8-16-13/h6-8H,2-5H2,1H3,(H,15,16,17,19).